The molecule has 8 bridgehead atoms. The van der Waals surface area contributed by atoms with Crippen LogP contribution in [0.25, 0.3) is 0 Å². The average molecular weight is 398 g/mol. The quantitative estimate of drug-likeness (QED) is 0.429. The molecule has 1 unspecified atom stereocenters. The second-order valence-electron chi connectivity index (χ2n) is 13.5. The molecule has 164 valence electrons. The highest BCUT2D eigenvalue weighted by Gasteiger charge is 2.51. The third kappa shape index (κ3) is 3.85. The number of hydrogen-bond acceptors (Lipinski definition) is 1. The van der Waals surface area contributed by atoms with Crippen molar-refractivity contribution in [2.24, 2.45) is 46.8 Å². The molecular formula is C28H47N. The molecule has 8 aliphatic carbocycles. The number of nitrogens with one attached hydrogen (secondary N) is 1. The van der Waals surface area contributed by atoms with E-state index in [1.165, 1.54) is 45.1 Å². The number of hydrogen-bond donors (Lipinski definition) is 1. The lowest BCUT2D eigenvalue weighted by Gasteiger charge is -2.57. The predicted molar refractivity (Wildman–Crippen MR) is 122 cm³/mol. The van der Waals surface area contributed by atoms with E-state index in [0.29, 0.717) is 5.54 Å². The molecule has 8 aliphatic rings. The van der Waals surface area contributed by atoms with Crippen LogP contribution in [-0.4, -0.2) is 12.1 Å². The van der Waals surface area contributed by atoms with Crippen molar-refractivity contribution in [2.75, 3.05) is 6.54 Å². The molecule has 1 atom stereocenters. The summed E-state index contributed by atoms with van der Waals surface area (Å²) in [6.07, 6.45) is 26.4. The normalized spacial score (nSPS) is 50.4. The van der Waals surface area contributed by atoms with Crippen LogP contribution in [0.2, 0.25) is 0 Å². The van der Waals surface area contributed by atoms with E-state index in [2.05, 4.69) is 12.2 Å². The molecule has 8 saturated carbocycles. The molecule has 1 nitrogen and oxygen atoms in total. The molecule has 0 radical (unpaired) electrons. The van der Waals surface area contributed by atoms with Crippen LogP contribution >= 0.6 is 0 Å². The van der Waals surface area contributed by atoms with E-state index in [0.717, 1.165) is 46.8 Å². The Labute approximate surface area is 180 Å². The third-order valence-electron chi connectivity index (χ3n) is 11.0. The van der Waals surface area contributed by atoms with E-state index in [-0.39, 0.29) is 0 Å². The first-order valence-electron chi connectivity index (χ1n) is 13.9. The molecule has 0 aromatic carbocycles. The summed E-state index contributed by atoms with van der Waals surface area (Å²) in [5.41, 5.74) is 1.37. The van der Waals surface area contributed by atoms with Gasteiger partial charge in [-0.15, -0.1) is 0 Å². The van der Waals surface area contributed by atoms with Gasteiger partial charge in [0, 0.05) is 5.54 Å². The van der Waals surface area contributed by atoms with E-state index in [1.54, 1.807) is 70.6 Å². The van der Waals surface area contributed by atoms with Crippen LogP contribution in [0, 0.1) is 46.8 Å². The highest BCUT2D eigenvalue weighted by atomic mass is 15.0. The maximum atomic E-state index is 4.21. The van der Waals surface area contributed by atoms with Gasteiger partial charge in [-0.1, -0.05) is 19.8 Å². The molecule has 0 heterocycles. The van der Waals surface area contributed by atoms with Crippen LogP contribution in [0.5, 0.6) is 0 Å². The van der Waals surface area contributed by atoms with Crippen LogP contribution in [0.1, 0.15) is 116 Å². The van der Waals surface area contributed by atoms with Gasteiger partial charge >= 0.3 is 0 Å². The van der Waals surface area contributed by atoms with Gasteiger partial charge in [-0.25, -0.2) is 0 Å². The number of rotatable bonds is 9. The zero-order chi connectivity index (χ0) is 19.5. The Kier molecular flexibility index (Phi) is 5.10. The molecule has 0 amide bonds. The molecule has 1 heteroatoms. The molecule has 0 saturated heterocycles. The maximum Gasteiger partial charge on any atom is 0.0189 e. The predicted octanol–water partition coefficient (Wildman–Crippen LogP) is 7.35. The van der Waals surface area contributed by atoms with Crippen LogP contribution in [0.15, 0.2) is 0 Å². The van der Waals surface area contributed by atoms with Crippen molar-refractivity contribution < 1.29 is 0 Å². The first-order valence-corrected chi connectivity index (χ1v) is 13.9. The average Bonchev–Trinajstić information content (AvgIpc) is 2.64. The molecule has 0 aromatic heterocycles. The van der Waals surface area contributed by atoms with Crippen molar-refractivity contribution in [2.45, 2.75) is 122 Å². The SMILES string of the molecule is CCCC(CCNC12CC3CC(CC(C3)C1)C2)CCC12CC3CC(CC(C3)C1)C2. The summed E-state index contributed by atoms with van der Waals surface area (Å²) in [7, 11) is 0. The maximum absolute atomic E-state index is 4.21. The second kappa shape index (κ2) is 7.53. The Balaban J connectivity index is 1.02. The van der Waals surface area contributed by atoms with Gasteiger partial charge < -0.3 is 5.32 Å². The molecule has 8 rings (SSSR count). The van der Waals surface area contributed by atoms with Crippen molar-refractivity contribution in [1.82, 2.24) is 5.32 Å². The summed E-state index contributed by atoms with van der Waals surface area (Å²) < 4.78 is 0. The first-order chi connectivity index (χ1) is 14.1. The van der Waals surface area contributed by atoms with Gasteiger partial charge in [0.15, 0.2) is 0 Å². The van der Waals surface area contributed by atoms with Crippen molar-refractivity contribution in [1.29, 1.82) is 0 Å². The van der Waals surface area contributed by atoms with Gasteiger partial charge in [0.05, 0.1) is 0 Å². The lowest BCUT2D eigenvalue weighted by Crippen LogP contribution is -2.58. The topological polar surface area (TPSA) is 12.0 Å². The minimum Gasteiger partial charge on any atom is -0.311 e. The summed E-state index contributed by atoms with van der Waals surface area (Å²) in [4.78, 5) is 0. The second-order valence-corrected chi connectivity index (χ2v) is 13.5. The van der Waals surface area contributed by atoms with E-state index >= 15 is 0 Å². The highest BCUT2D eigenvalue weighted by Crippen LogP contribution is 2.62. The highest BCUT2D eigenvalue weighted by molar-refractivity contribution is 5.06. The Bertz CT molecular complexity index is 521. The van der Waals surface area contributed by atoms with Crippen LogP contribution in [0.3, 0.4) is 0 Å². The van der Waals surface area contributed by atoms with Gasteiger partial charge in [-0.2, -0.15) is 0 Å². The Hall–Kier alpha value is -0.0400. The zero-order valence-electron chi connectivity index (χ0n) is 19.3. The van der Waals surface area contributed by atoms with Gasteiger partial charge in [-0.3, -0.25) is 0 Å². The monoisotopic (exact) mass is 397 g/mol. The minimum absolute atomic E-state index is 0.575. The lowest BCUT2D eigenvalue weighted by molar-refractivity contribution is -0.0604. The van der Waals surface area contributed by atoms with Crippen LogP contribution < -0.4 is 5.32 Å². The van der Waals surface area contributed by atoms with Crippen LogP contribution in [0.4, 0.5) is 0 Å². The third-order valence-corrected chi connectivity index (χ3v) is 11.0. The van der Waals surface area contributed by atoms with E-state index in [4.69, 9.17) is 0 Å². The summed E-state index contributed by atoms with van der Waals surface area (Å²) >= 11 is 0. The molecule has 1 N–H and O–H groups in total. The van der Waals surface area contributed by atoms with E-state index in [9.17, 15) is 0 Å². The minimum atomic E-state index is 0.575. The molecule has 8 fully saturated rings. The van der Waals surface area contributed by atoms with Gasteiger partial charge in [-0.05, 0) is 150 Å². The van der Waals surface area contributed by atoms with E-state index in [1.807, 2.05) is 0 Å². The fraction of sp³-hybridized carbons (Fsp3) is 1.00. The van der Waals surface area contributed by atoms with Crippen molar-refractivity contribution in [3.63, 3.8) is 0 Å². The Morgan fingerprint density at radius 3 is 1.62 bits per heavy atom. The lowest BCUT2D eigenvalue weighted by atomic mass is 9.48. The molecule has 29 heavy (non-hydrogen) atoms. The van der Waals surface area contributed by atoms with Crippen LogP contribution in [-0.2, 0) is 0 Å². The van der Waals surface area contributed by atoms with Gasteiger partial charge in [0.1, 0.15) is 0 Å². The molecule has 0 aliphatic heterocycles. The van der Waals surface area contributed by atoms with Gasteiger partial charge in [0.25, 0.3) is 0 Å². The Morgan fingerprint density at radius 1 is 0.655 bits per heavy atom. The summed E-state index contributed by atoms with van der Waals surface area (Å²) in [6, 6.07) is 0. The summed E-state index contributed by atoms with van der Waals surface area (Å²) in [6.45, 7) is 3.74. The van der Waals surface area contributed by atoms with E-state index < -0.39 is 0 Å². The fourth-order valence-electron chi connectivity index (χ4n) is 10.8. The molecule has 0 aromatic rings. The molecular weight excluding hydrogens is 350 g/mol. The standard InChI is InChI=1S/C28H47N/c1-2-3-20(4-6-27-14-21-8-22(15-27)10-23(9-21)16-27)5-7-29-28-17-24-11-25(18-28)13-26(12-24)19-28/h20-26,29H,2-19H2,1H3. The van der Waals surface area contributed by atoms with Crippen molar-refractivity contribution in [3.8, 4) is 0 Å². The van der Waals surface area contributed by atoms with Gasteiger partial charge in [0.2, 0.25) is 0 Å². The van der Waals surface area contributed by atoms with Crippen molar-refractivity contribution in [3.05, 3.63) is 0 Å². The fourth-order valence-corrected chi connectivity index (χ4v) is 10.8. The first kappa shape index (κ1) is 19.6. The summed E-state index contributed by atoms with van der Waals surface area (Å²) in [5, 5.41) is 4.21. The smallest absolute Gasteiger partial charge is 0.0189 e. The molecule has 0 spiro atoms. The van der Waals surface area contributed by atoms with Crippen molar-refractivity contribution >= 4 is 0 Å². The zero-order valence-corrected chi connectivity index (χ0v) is 19.3. The largest absolute Gasteiger partial charge is 0.311 e. The summed E-state index contributed by atoms with van der Waals surface area (Å²) in [5.74, 6) is 7.62. The Morgan fingerprint density at radius 2 is 1.14 bits per heavy atom.